The van der Waals surface area contributed by atoms with Crippen molar-refractivity contribution in [2.24, 2.45) is 5.41 Å². The highest BCUT2D eigenvalue weighted by Gasteiger charge is 2.41. The minimum atomic E-state index is -0.205. The molecule has 4 nitrogen and oxygen atoms in total. The molecular weight excluding hydrogens is 216 g/mol. The Balaban J connectivity index is 2.01. The summed E-state index contributed by atoms with van der Waals surface area (Å²) in [5, 5.41) is 6.57. The number of carbonyl (C=O) groups is 1. The quantitative estimate of drug-likeness (QED) is 0.775. The fraction of sp³-hybridized carbons (Fsp3) is 0.923. The van der Waals surface area contributed by atoms with Crippen molar-refractivity contribution in [3.8, 4) is 0 Å². The lowest BCUT2D eigenvalue weighted by atomic mass is 9.77. The van der Waals surface area contributed by atoms with E-state index in [0.717, 1.165) is 45.4 Å². The third-order valence-electron chi connectivity index (χ3n) is 4.26. The van der Waals surface area contributed by atoms with Crippen LogP contribution in [0.4, 0.5) is 0 Å². The van der Waals surface area contributed by atoms with E-state index in [9.17, 15) is 4.79 Å². The van der Waals surface area contributed by atoms with Gasteiger partial charge in [0.2, 0.25) is 5.91 Å². The van der Waals surface area contributed by atoms with Crippen molar-refractivity contribution in [1.29, 1.82) is 0 Å². The standard InChI is InChI=1S/C13H24N2O2/c1-3-13(5-4-7-14-9-13)11(16)15-12(2)6-8-17-10-12/h14H,3-10H2,1-2H3,(H,15,16). The van der Waals surface area contributed by atoms with Crippen LogP contribution in [0.25, 0.3) is 0 Å². The van der Waals surface area contributed by atoms with Gasteiger partial charge >= 0.3 is 0 Å². The largest absolute Gasteiger partial charge is 0.379 e. The fourth-order valence-electron chi connectivity index (χ4n) is 2.80. The smallest absolute Gasteiger partial charge is 0.227 e. The molecule has 2 heterocycles. The molecule has 2 unspecified atom stereocenters. The number of nitrogens with one attached hydrogen (secondary N) is 2. The molecule has 2 atom stereocenters. The van der Waals surface area contributed by atoms with Crippen LogP contribution < -0.4 is 10.6 Å². The Morgan fingerprint density at radius 1 is 1.47 bits per heavy atom. The molecule has 0 bridgehead atoms. The van der Waals surface area contributed by atoms with Crippen LogP contribution in [0.3, 0.4) is 0 Å². The summed E-state index contributed by atoms with van der Waals surface area (Å²) in [6, 6.07) is 0. The molecule has 0 aromatic rings. The molecular formula is C13H24N2O2. The number of rotatable bonds is 3. The van der Waals surface area contributed by atoms with Gasteiger partial charge in [0.15, 0.2) is 0 Å². The zero-order valence-corrected chi connectivity index (χ0v) is 11.0. The van der Waals surface area contributed by atoms with Crippen LogP contribution in [0.15, 0.2) is 0 Å². The van der Waals surface area contributed by atoms with Crippen LogP contribution in [-0.2, 0) is 9.53 Å². The molecule has 2 fully saturated rings. The predicted octanol–water partition coefficient (Wildman–Crippen LogP) is 1.06. The van der Waals surface area contributed by atoms with Crippen LogP contribution in [0.1, 0.15) is 39.5 Å². The average Bonchev–Trinajstić information content (AvgIpc) is 2.76. The highest BCUT2D eigenvalue weighted by atomic mass is 16.5. The Hall–Kier alpha value is -0.610. The maximum absolute atomic E-state index is 12.5. The molecule has 0 spiro atoms. The van der Waals surface area contributed by atoms with E-state index >= 15 is 0 Å². The minimum absolute atomic E-state index is 0.156. The molecule has 0 aliphatic carbocycles. The van der Waals surface area contributed by atoms with Crippen molar-refractivity contribution in [2.75, 3.05) is 26.3 Å². The zero-order valence-electron chi connectivity index (χ0n) is 11.0. The number of amides is 1. The highest BCUT2D eigenvalue weighted by molar-refractivity contribution is 5.83. The normalized spacial score (nSPS) is 38.0. The van der Waals surface area contributed by atoms with Crippen molar-refractivity contribution in [3.05, 3.63) is 0 Å². The van der Waals surface area contributed by atoms with Gasteiger partial charge < -0.3 is 15.4 Å². The van der Waals surface area contributed by atoms with Crippen LogP contribution in [0.5, 0.6) is 0 Å². The van der Waals surface area contributed by atoms with Gasteiger partial charge in [-0.15, -0.1) is 0 Å². The molecule has 2 N–H and O–H groups in total. The Kier molecular flexibility index (Phi) is 3.73. The van der Waals surface area contributed by atoms with Crippen molar-refractivity contribution < 1.29 is 9.53 Å². The molecule has 2 rings (SSSR count). The molecule has 4 heteroatoms. The third kappa shape index (κ3) is 2.63. The first-order valence-electron chi connectivity index (χ1n) is 6.71. The second-order valence-corrected chi connectivity index (χ2v) is 5.73. The lowest BCUT2D eigenvalue weighted by Gasteiger charge is -2.38. The van der Waals surface area contributed by atoms with E-state index in [4.69, 9.17) is 4.74 Å². The lowest BCUT2D eigenvalue weighted by Crippen LogP contribution is -2.56. The number of hydrogen-bond donors (Lipinski definition) is 2. The number of ether oxygens (including phenoxy) is 1. The average molecular weight is 240 g/mol. The summed E-state index contributed by atoms with van der Waals surface area (Å²) in [4.78, 5) is 12.5. The SMILES string of the molecule is CCC1(C(=O)NC2(C)CCOC2)CCCNC1. The maximum atomic E-state index is 12.5. The summed E-state index contributed by atoms with van der Waals surface area (Å²) >= 11 is 0. The van der Waals surface area contributed by atoms with Crippen LogP contribution in [0, 0.1) is 5.41 Å². The van der Waals surface area contributed by atoms with Crippen molar-refractivity contribution in [1.82, 2.24) is 10.6 Å². The van der Waals surface area contributed by atoms with Gasteiger partial charge in [-0.05, 0) is 39.2 Å². The second kappa shape index (κ2) is 4.94. The Labute approximate surface area is 103 Å². The summed E-state index contributed by atoms with van der Waals surface area (Å²) in [6.07, 6.45) is 3.92. The first-order valence-corrected chi connectivity index (χ1v) is 6.71. The van der Waals surface area contributed by atoms with E-state index < -0.39 is 0 Å². The number of hydrogen-bond acceptors (Lipinski definition) is 3. The summed E-state index contributed by atoms with van der Waals surface area (Å²) in [6.45, 7) is 7.44. The van der Waals surface area contributed by atoms with Gasteiger partial charge in [-0.2, -0.15) is 0 Å². The van der Waals surface area contributed by atoms with Crippen molar-refractivity contribution in [2.45, 2.75) is 45.1 Å². The molecule has 2 saturated heterocycles. The van der Waals surface area contributed by atoms with Gasteiger partial charge in [0, 0.05) is 13.2 Å². The third-order valence-corrected chi connectivity index (χ3v) is 4.26. The van der Waals surface area contributed by atoms with Crippen LogP contribution in [0.2, 0.25) is 0 Å². The monoisotopic (exact) mass is 240 g/mol. The van der Waals surface area contributed by atoms with E-state index in [1.54, 1.807) is 0 Å². The topological polar surface area (TPSA) is 50.4 Å². The molecule has 17 heavy (non-hydrogen) atoms. The van der Waals surface area contributed by atoms with Crippen LogP contribution >= 0.6 is 0 Å². The highest BCUT2D eigenvalue weighted by Crippen LogP contribution is 2.31. The molecule has 0 saturated carbocycles. The Morgan fingerprint density at radius 2 is 2.29 bits per heavy atom. The molecule has 98 valence electrons. The predicted molar refractivity (Wildman–Crippen MR) is 66.8 cm³/mol. The van der Waals surface area contributed by atoms with E-state index in [1.165, 1.54) is 0 Å². The molecule has 2 aliphatic rings. The van der Waals surface area contributed by atoms with E-state index in [0.29, 0.717) is 6.61 Å². The van der Waals surface area contributed by atoms with E-state index in [-0.39, 0.29) is 16.9 Å². The number of carbonyl (C=O) groups excluding carboxylic acids is 1. The molecule has 0 aromatic heterocycles. The van der Waals surface area contributed by atoms with E-state index in [1.807, 2.05) is 0 Å². The summed E-state index contributed by atoms with van der Waals surface area (Å²) in [5.74, 6) is 0.209. The lowest BCUT2D eigenvalue weighted by molar-refractivity contribution is -0.134. The maximum Gasteiger partial charge on any atom is 0.227 e. The number of piperidine rings is 1. The summed E-state index contributed by atoms with van der Waals surface area (Å²) in [7, 11) is 0. The second-order valence-electron chi connectivity index (χ2n) is 5.73. The first-order chi connectivity index (χ1) is 8.10. The van der Waals surface area contributed by atoms with Gasteiger partial charge in [0.05, 0.1) is 17.6 Å². The van der Waals surface area contributed by atoms with Crippen molar-refractivity contribution in [3.63, 3.8) is 0 Å². The van der Waals surface area contributed by atoms with Gasteiger partial charge in [-0.1, -0.05) is 6.92 Å². The zero-order chi connectivity index (χ0) is 12.4. The van der Waals surface area contributed by atoms with Gasteiger partial charge in [-0.25, -0.2) is 0 Å². The van der Waals surface area contributed by atoms with Crippen molar-refractivity contribution >= 4 is 5.91 Å². The minimum Gasteiger partial charge on any atom is -0.379 e. The molecule has 1 amide bonds. The van der Waals surface area contributed by atoms with Crippen LogP contribution in [-0.4, -0.2) is 37.7 Å². The van der Waals surface area contributed by atoms with Gasteiger partial charge in [0.25, 0.3) is 0 Å². The Bertz CT molecular complexity index is 279. The molecule has 2 aliphatic heterocycles. The summed E-state index contributed by atoms with van der Waals surface area (Å²) in [5.41, 5.74) is -0.361. The van der Waals surface area contributed by atoms with Gasteiger partial charge in [0.1, 0.15) is 0 Å². The molecule has 0 radical (unpaired) electrons. The fourth-order valence-corrected chi connectivity index (χ4v) is 2.80. The van der Waals surface area contributed by atoms with Gasteiger partial charge in [-0.3, -0.25) is 4.79 Å². The molecule has 0 aromatic carbocycles. The van der Waals surface area contributed by atoms with E-state index in [2.05, 4.69) is 24.5 Å². The Morgan fingerprint density at radius 3 is 2.82 bits per heavy atom. The summed E-state index contributed by atoms with van der Waals surface area (Å²) < 4.78 is 5.38. The first kappa shape index (κ1) is 12.8.